The van der Waals surface area contributed by atoms with Crippen LogP contribution in [0.25, 0.3) is 17.0 Å². The van der Waals surface area contributed by atoms with E-state index in [-0.39, 0.29) is 5.92 Å². The lowest BCUT2D eigenvalue weighted by Gasteiger charge is -2.34. The first-order chi connectivity index (χ1) is 18.8. The minimum absolute atomic E-state index is 0.335. The number of fused-ring (bicyclic) bond motifs is 1. The number of hydrogen-bond donors (Lipinski definition) is 3. The first-order valence-corrected chi connectivity index (χ1v) is 13.8. The Morgan fingerprint density at radius 1 is 1.20 bits per heavy atom. The standard InChI is InChI=1S/C30H41N5O5/c1-7-22-13-12-21-11-10-20(17-24(21)33-22)14-15-30(5,6)29(39)40-25(18(2)3)27(37)32-19(4)28(38)35-16-8-9-23(34-35)26(31)36/h10-15,17-19,23,25,34H,7-9,16H2,1-6H3,(H2,31,36)(H,32,37)/b15-14+. The molecule has 0 bridgehead atoms. The second kappa shape index (κ2) is 13.0. The number of rotatable bonds is 10. The van der Waals surface area contributed by atoms with Crippen LogP contribution in [-0.4, -0.2) is 58.4 Å². The van der Waals surface area contributed by atoms with Crippen LogP contribution in [0.15, 0.2) is 36.4 Å². The molecule has 3 rings (SSSR count). The van der Waals surface area contributed by atoms with Crippen LogP contribution in [0.2, 0.25) is 0 Å². The monoisotopic (exact) mass is 551 g/mol. The lowest BCUT2D eigenvalue weighted by atomic mass is 9.92. The summed E-state index contributed by atoms with van der Waals surface area (Å²) < 4.78 is 5.69. The van der Waals surface area contributed by atoms with Crippen LogP contribution < -0.4 is 16.5 Å². The van der Waals surface area contributed by atoms with Crippen molar-refractivity contribution < 1.29 is 23.9 Å². The van der Waals surface area contributed by atoms with Crippen molar-refractivity contribution in [2.24, 2.45) is 17.1 Å². The third kappa shape index (κ3) is 7.65. The number of pyridine rings is 1. The van der Waals surface area contributed by atoms with Gasteiger partial charge >= 0.3 is 5.97 Å². The highest BCUT2D eigenvalue weighted by Gasteiger charge is 2.35. The normalized spacial score (nSPS) is 17.6. The van der Waals surface area contributed by atoms with Gasteiger partial charge in [-0.1, -0.05) is 51.1 Å². The molecular weight excluding hydrogens is 510 g/mol. The van der Waals surface area contributed by atoms with Gasteiger partial charge in [0.2, 0.25) is 5.91 Å². The molecule has 1 aromatic carbocycles. The predicted octanol–water partition coefficient (Wildman–Crippen LogP) is 2.89. The van der Waals surface area contributed by atoms with Crippen molar-refractivity contribution in [3.05, 3.63) is 47.7 Å². The summed E-state index contributed by atoms with van der Waals surface area (Å²) in [5, 5.41) is 5.00. The molecule has 3 unspecified atom stereocenters. The van der Waals surface area contributed by atoms with Crippen molar-refractivity contribution in [3.8, 4) is 0 Å². The highest BCUT2D eigenvalue weighted by molar-refractivity contribution is 5.91. The van der Waals surface area contributed by atoms with Gasteiger partial charge in [0.05, 0.1) is 10.9 Å². The molecular formula is C30H41N5O5. The number of carbonyl (C=O) groups excluding carboxylic acids is 4. The number of esters is 1. The van der Waals surface area contributed by atoms with Gasteiger partial charge in [-0.05, 0) is 63.6 Å². The number of carbonyl (C=O) groups is 4. The number of aryl methyl sites for hydroxylation is 1. The molecule has 10 nitrogen and oxygen atoms in total. The summed E-state index contributed by atoms with van der Waals surface area (Å²) in [5.74, 6) is -2.42. The number of ether oxygens (including phenoxy) is 1. The molecule has 40 heavy (non-hydrogen) atoms. The van der Waals surface area contributed by atoms with Gasteiger partial charge in [-0.2, -0.15) is 0 Å². The van der Waals surface area contributed by atoms with Gasteiger partial charge in [0.15, 0.2) is 6.10 Å². The third-order valence-corrected chi connectivity index (χ3v) is 6.98. The van der Waals surface area contributed by atoms with Crippen LogP contribution in [0.1, 0.15) is 65.6 Å². The second-order valence-corrected chi connectivity index (χ2v) is 11.2. The number of nitrogens with two attached hydrogens (primary N) is 1. The van der Waals surface area contributed by atoms with E-state index in [1.165, 1.54) is 5.01 Å². The van der Waals surface area contributed by atoms with Crippen molar-refractivity contribution in [2.45, 2.75) is 79.0 Å². The number of primary amides is 1. The summed E-state index contributed by atoms with van der Waals surface area (Å²) in [7, 11) is 0. The molecule has 1 aliphatic heterocycles. The molecule has 1 saturated heterocycles. The Bertz CT molecular complexity index is 1290. The maximum Gasteiger partial charge on any atom is 0.316 e. The summed E-state index contributed by atoms with van der Waals surface area (Å²) in [6.45, 7) is 11.0. The maximum atomic E-state index is 13.2. The Labute approximate surface area is 235 Å². The molecule has 0 aliphatic carbocycles. The topological polar surface area (TPSA) is 144 Å². The van der Waals surface area contributed by atoms with E-state index in [2.05, 4.69) is 22.7 Å². The average Bonchev–Trinajstić information content (AvgIpc) is 2.93. The second-order valence-electron chi connectivity index (χ2n) is 11.2. The van der Waals surface area contributed by atoms with Gasteiger partial charge in [-0.15, -0.1) is 0 Å². The molecule has 4 N–H and O–H groups in total. The van der Waals surface area contributed by atoms with Crippen LogP contribution in [0.3, 0.4) is 0 Å². The number of amides is 3. The van der Waals surface area contributed by atoms with Crippen molar-refractivity contribution in [1.82, 2.24) is 20.7 Å². The van der Waals surface area contributed by atoms with Gasteiger partial charge in [0.1, 0.15) is 12.1 Å². The average molecular weight is 552 g/mol. The largest absolute Gasteiger partial charge is 0.451 e. The minimum Gasteiger partial charge on any atom is -0.451 e. The fourth-order valence-corrected chi connectivity index (χ4v) is 4.35. The minimum atomic E-state index is -1.10. The van der Waals surface area contributed by atoms with Gasteiger partial charge in [-0.25, -0.2) is 5.43 Å². The van der Waals surface area contributed by atoms with E-state index in [0.717, 1.165) is 28.6 Å². The Hall–Kier alpha value is -3.79. The summed E-state index contributed by atoms with van der Waals surface area (Å²) in [5.41, 5.74) is 9.94. The lowest BCUT2D eigenvalue weighted by Crippen LogP contribution is -2.60. The first kappa shape index (κ1) is 30.7. The molecule has 1 aliphatic rings. The molecule has 216 valence electrons. The van der Waals surface area contributed by atoms with Gasteiger partial charge in [0.25, 0.3) is 11.8 Å². The zero-order valence-corrected chi connectivity index (χ0v) is 24.2. The van der Waals surface area contributed by atoms with Crippen LogP contribution in [-0.2, 0) is 30.3 Å². The molecule has 0 saturated carbocycles. The number of nitrogens with one attached hydrogen (secondary N) is 2. The molecule has 0 spiro atoms. The van der Waals surface area contributed by atoms with Crippen LogP contribution in [0.4, 0.5) is 0 Å². The summed E-state index contributed by atoms with van der Waals surface area (Å²) in [4.78, 5) is 55.3. The zero-order valence-electron chi connectivity index (χ0n) is 24.2. The first-order valence-electron chi connectivity index (χ1n) is 13.8. The van der Waals surface area contributed by atoms with Crippen LogP contribution in [0.5, 0.6) is 0 Å². The number of benzene rings is 1. The molecule has 10 heteroatoms. The number of hydrazine groups is 1. The van der Waals surface area contributed by atoms with E-state index in [1.54, 1.807) is 40.7 Å². The Balaban J connectivity index is 1.65. The van der Waals surface area contributed by atoms with E-state index in [4.69, 9.17) is 10.5 Å². The number of aromatic nitrogens is 1. The quantitative estimate of drug-likeness (QED) is 0.385. The van der Waals surface area contributed by atoms with Gasteiger partial charge in [0, 0.05) is 17.6 Å². The number of nitrogens with zero attached hydrogens (tertiary/aromatic N) is 2. The third-order valence-electron chi connectivity index (χ3n) is 6.98. The van der Waals surface area contributed by atoms with Gasteiger partial charge in [-0.3, -0.25) is 29.2 Å². The number of hydrogen-bond acceptors (Lipinski definition) is 7. The van der Waals surface area contributed by atoms with E-state index in [9.17, 15) is 19.2 Å². The van der Waals surface area contributed by atoms with E-state index < -0.39 is 47.3 Å². The van der Waals surface area contributed by atoms with Gasteiger partial charge < -0.3 is 15.8 Å². The van der Waals surface area contributed by atoms with Crippen molar-refractivity contribution in [3.63, 3.8) is 0 Å². The SMILES string of the molecule is CCc1ccc2ccc(/C=C/C(C)(C)C(=O)OC(C(=O)NC(C)C(=O)N3CCCC(C(N)=O)N3)C(C)C)cc2n1. The fraction of sp³-hybridized carbons (Fsp3) is 0.500. The molecule has 2 aromatic rings. The van der Waals surface area contributed by atoms with E-state index >= 15 is 0 Å². The molecule has 1 fully saturated rings. The van der Waals surface area contributed by atoms with E-state index in [1.807, 2.05) is 36.4 Å². The zero-order chi connectivity index (χ0) is 29.6. The van der Waals surface area contributed by atoms with E-state index in [0.29, 0.717) is 19.4 Å². The Morgan fingerprint density at radius 2 is 1.90 bits per heavy atom. The molecule has 3 amide bonds. The predicted molar refractivity (Wildman–Crippen MR) is 153 cm³/mol. The Morgan fingerprint density at radius 3 is 2.55 bits per heavy atom. The highest BCUT2D eigenvalue weighted by Crippen LogP contribution is 2.25. The lowest BCUT2D eigenvalue weighted by molar-refractivity contribution is -0.165. The summed E-state index contributed by atoms with van der Waals surface area (Å²) in [6.07, 6.45) is 4.48. The smallest absolute Gasteiger partial charge is 0.316 e. The molecule has 0 radical (unpaired) electrons. The van der Waals surface area contributed by atoms with Crippen molar-refractivity contribution in [1.29, 1.82) is 0 Å². The fourth-order valence-electron chi connectivity index (χ4n) is 4.35. The maximum absolute atomic E-state index is 13.2. The highest BCUT2D eigenvalue weighted by atomic mass is 16.5. The molecule has 1 aromatic heterocycles. The Kier molecular flexibility index (Phi) is 10.0. The van der Waals surface area contributed by atoms with Crippen molar-refractivity contribution in [2.75, 3.05) is 6.54 Å². The summed E-state index contributed by atoms with van der Waals surface area (Å²) >= 11 is 0. The molecule has 2 heterocycles. The van der Waals surface area contributed by atoms with Crippen LogP contribution >= 0.6 is 0 Å². The summed E-state index contributed by atoms with van der Waals surface area (Å²) in [6, 6.07) is 8.43. The van der Waals surface area contributed by atoms with Crippen LogP contribution in [0, 0.1) is 11.3 Å². The molecule has 3 atom stereocenters. The van der Waals surface area contributed by atoms with Crippen molar-refractivity contribution >= 4 is 40.7 Å².